The highest BCUT2D eigenvalue weighted by molar-refractivity contribution is 7.17. The Morgan fingerprint density at radius 3 is 2.58 bits per heavy atom. The van der Waals surface area contributed by atoms with E-state index in [0.29, 0.717) is 5.02 Å². The Balaban J connectivity index is 0.00000169. The monoisotopic (exact) mass is 373 g/mol. The van der Waals surface area contributed by atoms with Crippen molar-refractivity contribution in [1.29, 1.82) is 0 Å². The van der Waals surface area contributed by atoms with E-state index in [-0.39, 0.29) is 12.4 Å². The summed E-state index contributed by atoms with van der Waals surface area (Å²) < 4.78 is 0. The van der Waals surface area contributed by atoms with Crippen LogP contribution in [0, 0.1) is 0 Å². The molecule has 0 spiro atoms. The second-order valence-corrected chi connectivity index (χ2v) is 6.35. The van der Waals surface area contributed by atoms with Gasteiger partial charge in [-0.15, -0.1) is 23.7 Å². The summed E-state index contributed by atoms with van der Waals surface area (Å²) in [5.41, 5.74) is 3.20. The van der Waals surface area contributed by atoms with Crippen molar-refractivity contribution in [3.63, 3.8) is 0 Å². The summed E-state index contributed by atoms with van der Waals surface area (Å²) in [5, 5.41) is 7.20. The maximum Gasteiger partial charge on any atom is 0.143 e. The van der Waals surface area contributed by atoms with Crippen LogP contribution in [0.25, 0.3) is 21.3 Å². The van der Waals surface area contributed by atoms with Crippen molar-refractivity contribution in [3.8, 4) is 11.1 Å². The molecule has 120 valence electrons. The van der Waals surface area contributed by atoms with Crippen molar-refractivity contribution in [2.75, 3.05) is 5.32 Å². The molecule has 2 aromatic carbocycles. The molecule has 24 heavy (non-hydrogen) atoms. The van der Waals surface area contributed by atoms with Crippen molar-refractivity contribution in [2.45, 2.75) is 0 Å². The quantitative estimate of drug-likeness (QED) is 0.465. The molecule has 0 radical (unpaired) electrons. The SMILES string of the molecule is Cl.Clc1cccc(Nc2ncnc3scc(-c4ccccc4)c23)c1. The topological polar surface area (TPSA) is 37.8 Å². The number of rotatable bonds is 3. The summed E-state index contributed by atoms with van der Waals surface area (Å²) in [6.07, 6.45) is 1.58. The third-order valence-corrected chi connectivity index (χ3v) is 4.66. The molecule has 0 bridgehead atoms. The molecule has 3 nitrogen and oxygen atoms in total. The van der Waals surface area contributed by atoms with Crippen LogP contribution in [0.4, 0.5) is 11.5 Å². The van der Waals surface area contributed by atoms with Crippen LogP contribution < -0.4 is 5.32 Å². The number of benzene rings is 2. The number of halogens is 2. The Kier molecular flexibility index (Phi) is 5.00. The largest absolute Gasteiger partial charge is 0.340 e. The number of hydrogen-bond donors (Lipinski definition) is 1. The number of fused-ring (bicyclic) bond motifs is 1. The lowest BCUT2D eigenvalue weighted by Crippen LogP contribution is -1.95. The van der Waals surface area contributed by atoms with Crippen LogP contribution in [0.2, 0.25) is 5.02 Å². The molecule has 0 unspecified atom stereocenters. The molecule has 0 aliphatic carbocycles. The number of aromatic nitrogens is 2. The van der Waals surface area contributed by atoms with E-state index in [2.05, 4.69) is 32.8 Å². The smallest absolute Gasteiger partial charge is 0.143 e. The number of nitrogens with zero attached hydrogens (tertiary/aromatic N) is 2. The first kappa shape index (κ1) is 16.7. The fourth-order valence-electron chi connectivity index (χ4n) is 2.50. The fraction of sp³-hybridized carbons (Fsp3) is 0. The van der Waals surface area contributed by atoms with Gasteiger partial charge in [0.15, 0.2) is 0 Å². The first-order valence-corrected chi connectivity index (χ1v) is 8.37. The van der Waals surface area contributed by atoms with E-state index in [0.717, 1.165) is 32.8 Å². The van der Waals surface area contributed by atoms with Crippen LogP contribution in [0.1, 0.15) is 0 Å². The van der Waals surface area contributed by atoms with Crippen LogP contribution in [0.3, 0.4) is 0 Å². The van der Waals surface area contributed by atoms with E-state index >= 15 is 0 Å². The third kappa shape index (κ3) is 3.22. The molecule has 4 aromatic rings. The van der Waals surface area contributed by atoms with E-state index in [4.69, 9.17) is 11.6 Å². The predicted molar refractivity (Wildman–Crippen MR) is 105 cm³/mol. The minimum absolute atomic E-state index is 0. The summed E-state index contributed by atoms with van der Waals surface area (Å²) in [6.45, 7) is 0. The van der Waals surface area contributed by atoms with Gasteiger partial charge in [-0.05, 0) is 23.8 Å². The highest BCUT2D eigenvalue weighted by Crippen LogP contribution is 2.37. The molecule has 0 atom stereocenters. The number of thiophene rings is 1. The minimum Gasteiger partial charge on any atom is -0.340 e. The summed E-state index contributed by atoms with van der Waals surface area (Å²) in [5.74, 6) is 0.789. The van der Waals surface area contributed by atoms with E-state index < -0.39 is 0 Å². The highest BCUT2D eigenvalue weighted by atomic mass is 35.5. The van der Waals surface area contributed by atoms with Gasteiger partial charge >= 0.3 is 0 Å². The fourth-order valence-corrected chi connectivity index (χ4v) is 3.61. The van der Waals surface area contributed by atoms with Crippen LogP contribution in [0.5, 0.6) is 0 Å². The molecule has 6 heteroatoms. The zero-order valence-corrected chi connectivity index (χ0v) is 14.8. The first-order chi connectivity index (χ1) is 11.3. The van der Waals surface area contributed by atoms with E-state index in [9.17, 15) is 0 Å². The number of anilines is 2. The van der Waals surface area contributed by atoms with Crippen molar-refractivity contribution < 1.29 is 0 Å². The first-order valence-electron chi connectivity index (χ1n) is 7.11. The van der Waals surface area contributed by atoms with Gasteiger partial charge < -0.3 is 5.32 Å². The van der Waals surface area contributed by atoms with Crippen LogP contribution in [-0.4, -0.2) is 9.97 Å². The standard InChI is InChI=1S/C18H12ClN3S.ClH/c19-13-7-4-8-14(9-13)22-17-16-15(12-5-2-1-3-6-12)10-23-18(16)21-11-20-17;/h1-11H,(H,20,21,22);1H. The Labute approximate surface area is 154 Å². The average Bonchev–Trinajstić information content (AvgIpc) is 3.01. The zero-order valence-electron chi connectivity index (χ0n) is 12.4. The van der Waals surface area contributed by atoms with Gasteiger partial charge in [0.25, 0.3) is 0 Å². The zero-order chi connectivity index (χ0) is 15.6. The minimum atomic E-state index is 0. The van der Waals surface area contributed by atoms with Gasteiger partial charge in [0, 0.05) is 21.7 Å². The van der Waals surface area contributed by atoms with Gasteiger partial charge in [-0.3, -0.25) is 0 Å². The van der Waals surface area contributed by atoms with Gasteiger partial charge in [-0.1, -0.05) is 48.0 Å². The summed E-state index contributed by atoms with van der Waals surface area (Å²) in [4.78, 5) is 9.78. The average molecular weight is 374 g/mol. The van der Waals surface area contributed by atoms with Gasteiger partial charge in [-0.25, -0.2) is 9.97 Å². The Morgan fingerprint density at radius 2 is 1.79 bits per heavy atom. The van der Waals surface area contributed by atoms with E-state index in [1.165, 1.54) is 0 Å². The molecule has 0 aliphatic rings. The van der Waals surface area contributed by atoms with Crippen molar-refractivity contribution in [3.05, 3.63) is 71.3 Å². The van der Waals surface area contributed by atoms with Crippen molar-refractivity contribution in [2.24, 2.45) is 0 Å². The molecule has 0 saturated heterocycles. The van der Waals surface area contributed by atoms with Crippen molar-refractivity contribution in [1.82, 2.24) is 9.97 Å². The Bertz CT molecular complexity index is 970. The van der Waals surface area contributed by atoms with E-state index in [1.807, 2.05) is 42.5 Å². The molecule has 0 saturated carbocycles. The lowest BCUT2D eigenvalue weighted by molar-refractivity contribution is 1.23. The maximum atomic E-state index is 6.06. The summed E-state index contributed by atoms with van der Waals surface area (Å²) in [6, 6.07) is 17.9. The second kappa shape index (κ2) is 7.18. The molecule has 4 rings (SSSR count). The highest BCUT2D eigenvalue weighted by Gasteiger charge is 2.13. The van der Waals surface area contributed by atoms with Crippen molar-refractivity contribution >= 4 is 57.1 Å². The third-order valence-electron chi connectivity index (χ3n) is 3.54. The molecule has 0 fully saturated rings. The Hall–Kier alpha value is -2.14. The van der Waals surface area contributed by atoms with Crippen LogP contribution in [-0.2, 0) is 0 Å². The molecule has 2 aromatic heterocycles. The molecule has 1 N–H and O–H groups in total. The second-order valence-electron chi connectivity index (χ2n) is 5.05. The number of hydrogen-bond acceptors (Lipinski definition) is 4. The molecular weight excluding hydrogens is 361 g/mol. The normalized spacial score (nSPS) is 10.4. The van der Waals surface area contributed by atoms with E-state index in [1.54, 1.807) is 17.7 Å². The van der Waals surface area contributed by atoms with Gasteiger partial charge in [0.2, 0.25) is 0 Å². The van der Waals surface area contributed by atoms with Crippen LogP contribution >= 0.6 is 35.3 Å². The van der Waals surface area contributed by atoms with Gasteiger partial charge in [0.1, 0.15) is 17.0 Å². The molecular formula is C18H13Cl2N3S. The van der Waals surface area contributed by atoms with Gasteiger partial charge in [0.05, 0.1) is 5.39 Å². The summed E-state index contributed by atoms with van der Waals surface area (Å²) in [7, 11) is 0. The summed E-state index contributed by atoms with van der Waals surface area (Å²) >= 11 is 7.68. The van der Waals surface area contributed by atoms with Crippen LogP contribution in [0.15, 0.2) is 66.3 Å². The Morgan fingerprint density at radius 1 is 0.958 bits per heavy atom. The lowest BCUT2D eigenvalue weighted by Gasteiger charge is -2.08. The molecule has 2 heterocycles. The number of nitrogens with one attached hydrogen (secondary N) is 1. The van der Waals surface area contributed by atoms with Gasteiger partial charge in [-0.2, -0.15) is 0 Å². The lowest BCUT2D eigenvalue weighted by atomic mass is 10.1. The maximum absolute atomic E-state index is 6.06. The predicted octanol–water partition coefficient (Wildman–Crippen LogP) is 6.18. The molecule has 0 amide bonds. The molecule has 0 aliphatic heterocycles.